The molecule has 0 aromatic heterocycles. The first kappa shape index (κ1) is 17.3. The Labute approximate surface area is 141 Å². The largest absolute Gasteiger partial charge is 0.481 e. The van der Waals surface area contributed by atoms with Crippen LogP contribution >= 0.6 is 0 Å². The molecule has 126 valence electrons. The Kier molecular flexibility index (Phi) is 5.78. The van der Waals surface area contributed by atoms with Crippen LogP contribution < -0.4 is 20.7 Å². The first-order valence-corrected chi connectivity index (χ1v) is 7.61. The molecule has 0 aliphatic carbocycles. The van der Waals surface area contributed by atoms with Crippen molar-refractivity contribution in [3.63, 3.8) is 0 Å². The summed E-state index contributed by atoms with van der Waals surface area (Å²) < 4.78 is 5.62. The molecule has 3 N–H and O–H groups in total. The summed E-state index contributed by atoms with van der Waals surface area (Å²) in [5.74, 6) is 0.399. The SMILES string of the molecule is CNC(=O)Nc1ccc(NC(=O)[C@@H](C)Oc2ccc(C)cc2)cc1. The van der Waals surface area contributed by atoms with Gasteiger partial charge in [0.1, 0.15) is 5.75 Å². The quantitative estimate of drug-likeness (QED) is 0.789. The molecule has 0 spiro atoms. The van der Waals surface area contributed by atoms with E-state index in [1.165, 1.54) is 0 Å². The molecule has 1 atom stereocenters. The second-order valence-corrected chi connectivity index (χ2v) is 5.34. The number of carbonyl (C=O) groups is 2. The average Bonchev–Trinajstić information content (AvgIpc) is 2.58. The molecule has 0 unspecified atom stereocenters. The van der Waals surface area contributed by atoms with Crippen LogP contribution in [0.3, 0.4) is 0 Å². The Balaban J connectivity index is 1.91. The number of amides is 3. The number of nitrogens with one attached hydrogen (secondary N) is 3. The molecule has 0 saturated heterocycles. The molecule has 0 bridgehead atoms. The van der Waals surface area contributed by atoms with Crippen LogP contribution in [0.25, 0.3) is 0 Å². The Hall–Kier alpha value is -3.02. The van der Waals surface area contributed by atoms with Gasteiger partial charge in [-0.05, 0) is 50.2 Å². The average molecular weight is 327 g/mol. The molecule has 6 nitrogen and oxygen atoms in total. The lowest BCUT2D eigenvalue weighted by molar-refractivity contribution is -0.122. The molecule has 2 aromatic carbocycles. The van der Waals surface area contributed by atoms with Gasteiger partial charge in [-0.2, -0.15) is 0 Å². The fourth-order valence-corrected chi connectivity index (χ4v) is 1.95. The van der Waals surface area contributed by atoms with Gasteiger partial charge in [-0.3, -0.25) is 4.79 Å². The van der Waals surface area contributed by atoms with E-state index in [0.29, 0.717) is 17.1 Å². The highest BCUT2D eigenvalue weighted by Gasteiger charge is 2.14. The molecule has 0 fully saturated rings. The number of urea groups is 1. The molecular weight excluding hydrogens is 306 g/mol. The van der Waals surface area contributed by atoms with E-state index in [4.69, 9.17) is 4.74 Å². The molecule has 2 rings (SSSR count). The number of ether oxygens (including phenoxy) is 1. The fraction of sp³-hybridized carbons (Fsp3) is 0.222. The highest BCUT2D eigenvalue weighted by atomic mass is 16.5. The summed E-state index contributed by atoms with van der Waals surface area (Å²) >= 11 is 0. The zero-order valence-electron chi connectivity index (χ0n) is 13.9. The lowest BCUT2D eigenvalue weighted by Crippen LogP contribution is -2.30. The standard InChI is InChI=1S/C18H21N3O3/c1-12-4-10-16(11-5-12)24-13(2)17(22)20-14-6-8-15(9-7-14)21-18(23)19-3/h4-11,13H,1-3H3,(H,20,22)(H2,19,21,23)/t13-/m1/s1. The van der Waals surface area contributed by atoms with Crippen molar-refractivity contribution >= 4 is 23.3 Å². The molecular formula is C18H21N3O3. The van der Waals surface area contributed by atoms with Crippen LogP contribution in [-0.2, 0) is 4.79 Å². The Morgan fingerprint density at radius 1 is 0.917 bits per heavy atom. The van der Waals surface area contributed by atoms with E-state index in [1.807, 2.05) is 31.2 Å². The molecule has 0 radical (unpaired) electrons. The summed E-state index contributed by atoms with van der Waals surface area (Å²) in [7, 11) is 1.54. The maximum Gasteiger partial charge on any atom is 0.318 e. The predicted octanol–water partition coefficient (Wildman–Crippen LogP) is 3.15. The molecule has 0 saturated carbocycles. The molecule has 0 aliphatic heterocycles. The van der Waals surface area contributed by atoms with Crippen LogP contribution in [0, 0.1) is 6.92 Å². The van der Waals surface area contributed by atoms with E-state index in [9.17, 15) is 9.59 Å². The lowest BCUT2D eigenvalue weighted by atomic mass is 10.2. The zero-order chi connectivity index (χ0) is 17.5. The summed E-state index contributed by atoms with van der Waals surface area (Å²) in [5, 5.41) is 7.89. The smallest absolute Gasteiger partial charge is 0.318 e. The van der Waals surface area contributed by atoms with E-state index in [0.717, 1.165) is 5.56 Å². The summed E-state index contributed by atoms with van der Waals surface area (Å²) in [6.45, 7) is 3.68. The minimum atomic E-state index is -0.628. The van der Waals surface area contributed by atoms with Crippen LogP contribution in [0.1, 0.15) is 12.5 Å². The van der Waals surface area contributed by atoms with E-state index >= 15 is 0 Å². The van der Waals surface area contributed by atoms with Gasteiger partial charge in [0.2, 0.25) is 0 Å². The molecule has 6 heteroatoms. The topological polar surface area (TPSA) is 79.5 Å². The second-order valence-electron chi connectivity index (χ2n) is 5.34. The van der Waals surface area contributed by atoms with Gasteiger partial charge in [0.15, 0.2) is 6.10 Å². The third kappa shape index (κ3) is 5.01. The van der Waals surface area contributed by atoms with Gasteiger partial charge >= 0.3 is 6.03 Å². The third-order valence-electron chi connectivity index (χ3n) is 3.34. The van der Waals surface area contributed by atoms with E-state index in [-0.39, 0.29) is 11.9 Å². The number of carbonyl (C=O) groups excluding carboxylic acids is 2. The van der Waals surface area contributed by atoms with Crippen LogP contribution in [0.5, 0.6) is 5.75 Å². The maximum atomic E-state index is 12.2. The highest BCUT2D eigenvalue weighted by Crippen LogP contribution is 2.16. The van der Waals surface area contributed by atoms with Crippen LogP contribution in [0.15, 0.2) is 48.5 Å². The van der Waals surface area contributed by atoms with Crippen molar-refractivity contribution in [3.8, 4) is 5.75 Å². The van der Waals surface area contributed by atoms with Gasteiger partial charge in [0, 0.05) is 18.4 Å². The maximum absolute atomic E-state index is 12.2. The fourth-order valence-electron chi connectivity index (χ4n) is 1.95. The van der Waals surface area contributed by atoms with Crippen LogP contribution in [0.2, 0.25) is 0 Å². The van der Waals surface area contributed by atoms with E-state index in [2.05, 4.69) is 16.0 Å². The highest BCUT2D eigenvalue weighted by molar-refractivity contribution is 5.94. The van der Waals surface area contributed by atoms with Gasteiger partial charge in [-0.1, -0.05) is 17.7 Å². The Morgan fingerprint density at radius 2 is 1.46 bits per heavy atom. The zero-order valence-corrected chi connectivity index (χ0v) is 13.9. The van der Waals surface area contributed by atoms with Gasteiger partial charge in [0.05, 0.1) is 0 Å². The van der Waals surface area contributed by atoms with Gasteiger partial charge in [-0.25, -0.2) is 4.79 Å². The summed E-state index contributed by atoms with van der Waals surface area (Å²) in [4.78, 5) is 23.4. The minimum Gasteiger partial charge on any atom is -0.481 e. The third-order valence-corrected chi connectivity index (χ3v) is 3.34. The Bertz CT molecular complexity index is 696. The Morgan fingerprint density at radius 3 is 2.00 bits per heavy atom. The first-order chi connectivity index (χ1) is 11.5. The molecule has 3 amide bonds. The normalized spacial score (nSPS) is 11.3. The van der Waals surface area contributed by atoms with E-state index < -0.39 is 6.10 Å². The number of aryl methyl sites for hydroxylation is 1. The molecule has 0 aliphatic rings. The molecule has 2 aromatic rings. The number of hydrogen-bond donors (Lipinski definition) is 3. The summed E-state index contributed by atoms with van der Waals surface area (Å²) in [5.41, 5.74) is 2.39. The van der Waals surface area contributed by atoms with Gasteiger partial charge in [0.25, 0.3) is 5.91 Å². The van der Waals surface area contributed by atoms with Crippen molar-refractivity contribution in [1.82, 2.24) is 5.32 Å². The van der Waals surface area contributed by atoms with Crippen molar-refractivity contribution in [2.45, 2.75) is 20.0 Å². The van der Waals surface area contributed by atoms with Crippen molar-refractivity contribution < 1.29 is 14.3 Å². The van der Waals surface area contributed by atoms with E-state index in [1.54, 1.807) is 38.2 Å². The molecule has 24 heavy (non-hydrogen) atoms. The number of anilines is 2. The van der Waals surface area contributed by atoms with Crippen molar-refractivity contribution in [2.24, 2.45) is 0 Å². The van der Waals surface area contributed by atoms with Crippen LogP contribution in [0.4, 0.5) is 16.2 Å². The number of benzene rings is 2. The second kappa shape index (κ2) is 8.01. The van der Waals surface area contributed by atoms with Gasteiger partial charge in [-0.15, -0.1) is 0 Å². The van der Waals surface area contributed by atoms with Crippen molar-refractivity contribution in [2.75, 3.05) is 17.7 Å². The summed E-state index contributed by atoms with van der Waals surface area (Å²) in [6.07, 6.45) is -0.628. The van der Waals surface area contributed by atoms with Crippen molar-refractivity contribution in [1.29, 1.82) is 0 Å². The molecule has 0 heterocycles. The van der Waals surface area contributed by atoms with Crippen LogP contribution in [-0.4, -0.2) is 25.1 Å². The summed E-state index contributed by atoms with van der Waals surface area (Å²) in [6, 6.07) is 14.1. The minimum absolute atomic E-state index is 0.248. The first-order valence-electron chi connectivity index (χ1n) is 7.61. The predicted molar refractivity (Wildman–Crippen MR) is 94.4 cm³/mol. The number of hydrogen-bond acceptors (Lipinski definition) is 3. The van der Waals surface area contributed by atoms with Crippen molar-refractivity contribution in [3.05, 3.63) is 54.1 Å². The van der Waals surface area contributed by atoms with Gasteiger partial charge < -0.3 is 20.7 Å². The monoisotopic (exact) mass is 327 g/mol. The number of rotatable bonds is 5. The lowest BCUT2D eigenvalue weighted by Gasteiger charge is -2.15.